The van der Waals surface area contributed by atoms with E-state index >= 15 is 0 Å². The number of urea groups is 1. The van der Waals surface area contributed by atoms with Crippen LogP contribution in [0.5, 0.6) is 0 Å². The van der Waals surface area contributed by atoms with Crippen LogP contribution in [0.3, 0.4) is 0 Å². The van der Waals surface area contributed by atoms with E-state index in [4.69, 9.17) is 11.6 Å². The molecule has 1 heterocycles. The van der Waals surface area contributed by atoms with Gasteiger partial charge in [-0.05, 0) is 32.4 Å². The van der Waals surface area contributed by atoms with Crippen LogP contribution in [0.2, 0.25) is 5.02 Å². The first kappa shape index (κ1) is 13.1. The fourth-order valence-electron chi connectivity index (χ4n) is 1.55. The number of aromatic nitrogens is 1. The lowest BCUT2D eigenvalue weighted by Gasteiger charge is -2.07. The molecule has 1 aromatic heterocycles. The molecule has 0 fully saturated rings. The summed E-state index contributed by atoms with van der Waals surface area (Å²) in [5.41, 5.74) is 1.88. The lowest BCUT2D eigenvalue weighted by molar-refractivity contribution is 0.250. The minimum absolute atomic E-state index is 0.0877. The van der Waals surface area contributed by atoms with Crippen LogP contribution < -0.4 is 10.6 Å². The van der Waals surface area contributed by atoms with Crippen molar-refractivity contribution in [3.05, 3.63) is 22.7 Å². The van der Waals surface area contributed by atoms with Gasteiger partial charge in [0.1, 0.15) is 0 Å². The second kappa shape index (κ2) is 5.12. The predicted molar refractivity (Wildman–Crippen MR) is 76.7 cm³/mol. The van der Waals surface area contributed by atoms with Crippen molar-refractivity contribution in [2.45, 2.75) is 26.8 Å². The van der Waals surface area contributed by atoms with E-state index in [1.165, 1.54) is 11.3 Å². The van der Waals surface area contributed by atoms with Gasteiger partial charge in [0.2, 0.25) is 0 Å². The highest BCUT2D eigenvalue weighted by molar-refractivity contribution is 7.23. The molecule has 1 aromatic carbocycles. The van der Waals surface area contributed by atoms with Crippen LogP contribution >= 0.6 is 22.9 Å². The fourth-order valence-corrected chi connectivity index (χ4v) is 2.76. The first-order valence-electron chi connectivity index (χ1n) is 5.60. The van der Waals surface area contributed by atoms with E-state index in [0.29, 0.717) is 10.2 Å². The molecule has 6 heteroatoms. The van der Waals surface area contributed by atoms with Crippen LogP contribution in [-0.2, 0) is 0 Å². The van der Waals surface area contributed by atoms with E-state index in [9.17, 15) is 4.79 Å². The number of benzene rings is 1. The summed E-state index contributed by atoms with van der Waals surface area (Å²) in [6, 6.07) is 3.60. The number of carbonyl (C=O) groups excluding carboxylic acids is 1. The number of nitrogens with one attached hydrogen (secondary N) is 2. The average molecular weight is 284 g/mol. The lowest BCUT2D eigenvalue weighted by atomic mass is 10.2. The van der Waals surface area contributed by atoms with Crippen molar-refractivity contribution >= 4 is 44.3 Å². The van der Waals surface area contributed by atoms with Crippen molar-refractivity contribution < 1.29 is 4.79 Å². The van der Waals surface area contributed by atoms with Crippen molar-refractivity contribution in [3.8, 4) is 0 Å². The lowest BCUT2D eigenvalue weighted by Crippen LogP contribution is -2.34. The second-order valence-electron chi connectivity index (χ2n) is 4.31. The Morgan fingerprint density at radius 1 is 1.44 bits per heavy atom. The molecule has 0 aliphatic carbocycles. The summed E-state index contributed by atoms with van der Waals surface area (Å²) in [6.45, 7) is 5.77. The molecule has 0 saturated heterocycles. The third-order valence-corrected chi connectivity index (χ3v) is 3.77. The van der Waals surface area contributed by atoms with E-state index in [1.807, 2.05) is 32.9 Å². The number of rotatable bonds is 2. The Hall–Kier alpha value is -1.33. The van der Waals surface area contributed by atoms with Gasteiger partial charge in [-0.3, -0.25) is 5.32 Å². The van der Waals surface area contributed by atoms with Crippen LogP contribution in [0, 0.1) is 6.92 Å². The molecule has 4 nitrogen and oxygen atoms in total. The summed E-state index contributed by atoms with van der Waals surface area (Å²) < 4.78 is 0.900. The zero-order chi connectivity index (χ0) is 13.3. The Morgan fingerprint density at radius 3 is 2.78 bits per heavy atom. The molecule has 2 rings (SSSR count). The van der Waals surface area contributed by atoms with Gasteiger partial charge in [-0.15, -0.1) is 0 Å². The van der Waals surface area contributed by atoms with Gasteiger partial charge in [-0.1, -0.05) is 29.0 Å². The molecular formula is C12H14ClN3OS. The van der Waals surface area contributed by atoms with Crippen LogP contribution in [0.1, 0.15) is 19.4 Å². The Bertz CT molecular complexity index is 555. The number of hydrogen-bond acceptors (Lipinski definition) is 3. The summed E-state index contributed by atoms with van der Waals surface area (Å²) in [5, 5.41) is 6.68. The number of fused-ring (bicyclic) bond motifs is 1. The van der Waals surface area contributed by atoms with Gasteiger partial charge in [0.25, 0.3) is 0 Å². The standard InChI is InChI=1S/C12H14ClN3OS/c1-6(2)14-11(17)16-12-15-9-7(3)4-5-8(13)10(9)18-12/h4-6H,1-3H3,(H2,14,15,16,17). The van der Waals surface area contributed by atoms with Crippen molar-refractivity contribution in [1.29, 1.82) is 0 Å². The third-order valence-electron chi connectivity index (χ3n) is 2.34. The monoisotopic (exact) mass is 283 g/mol. The summed E-state index contributed by atoms with van der Waals surface area (Å²) >= 11 is 7.48. The number of anilines is 1. The van der Waals surface area contributed by atoms with Crippen molar-refractivity contribution in [2.75, 3.05) is 5.32 Å². The number of thiazole rings is 1. The quantitative estimate of drug-likeness (QED) is 0.881. The Kier molecular flexibility index (Phi) is 3.73. The van der Waals surface area contributed by atoms with Gasteiger partial charge in [-0.2, -0.15) is 0 Å². The third kappa shape index (κ3) is 2.73. The zero-order valence-electron chi connectivity index (χ0n) is 10.4. The number of amides is 2. The smallest absolute Gasteiger partial charge is 0.321 e. The molecule has 96 valence electrons. The highest BCUT2D eigenvalue weighted by Crippen LogP contribution is 2.33. The maximum absolute atomic E-state index is 11.6. The van der Waals surface area contributed by atoms with Gasteiger partial charge in [-0.25, -0.2) is 9.78 Å². The maximum atomic E-state index is 11.6. The van der Waals surface area contributed by atoms with E-state index in [-0.39, 0.29) is 12.1 Å². The minimum atomic E-state index is -0.252. The zero-order valence-corrected chi connectivity index (χ0v) is 11.9. The topological polar surface area (TPSA) is 54.0 Å². The fraction of sp³-hybridized carbons (Fsp3) is 0.333. The van der Waals surface area contributed by atoms with Crippen LogP contribution in [-0.4, -0.2) is 17.1 Å². The Morgan fingerprint density at radius 2 is 2.17 bits per heavy atom. The molecule has 2 N–H and O–H groups in total. The van der Waals surface area contributed by atoms with Gasteiger partial charge >= 0.3 is 6.03 Å². The summed E-state index contributed by atoms with van der Waals surface area (Å²) in [5.74, 6) is 0. The largest absolute Gasteiger partial charge is 0.336 e. The molecule has 0 bridgehead atoms. The molecule has 2 amide bonds. The second-order valence-corrected chi connectivity index (χ2v) is 5.72. The van der Waals surface area contributed by atoms with Crippen LogP contribution in [0.25, 0.3) is 10.2 Å². The van der Waals surface area contributed by atoms with Crippen LogP contribution in [0.15, 0.2) is 12.1 Å². The highest BCUT2D eigenvalue weighted by atomic mass is 35.5. The number of hydrogen-bond donors (Lipinski definition) is 2. The molecule has 0 aliphatic rings. The maximum Gasteiger partial charge on any atom is 0.321 e. The molecular weight excluding hydrogens is 270 g/mol. The van der Waals surface area contributed by atoms with E-state index in [1.54, 1.807) is 0 Å². The van der Waals surface area contributed by atoms with Gasteiger partial charge < -0.3 is 5.32 Å². The molecule has 0 aliphatic heterocycles. The van der Waals surface area contributed by atoms with Gasteiger partial charge in [0.15, 0.2) is 5.13 Å². The van der Waals surface area contributed by atoms with Crippen LogP contribution in [0.4, 0.5) is 9.93 Å². The Balaban J connectivity index is 2.28. The molecule has 0 saturated carbocycles. The van der Waals surface area contributed by atoms with E-state index in [2.05, 4.69) is 15.6 Å². The average Bonchev–Trinajstić information content (AvgIpc) is 2.67. The molecule has 18 heavy (non-hydrogen) atoms. The van der Waals surface area contributed by atoms with Gasteiger partial charge in [0.05, 0.1) is 15.2 Å². The van der Waals surface area contributed by atoms with E-state index in [0.717, 1.165) is 15.8 Å². The molecule has 0 unspecified atom stereocenters. The highest BCUT2D eigenvalue weighted by Gasteiger charge is 2.11. The normalized spacial score (nSPS) is 10.9. The number of aryl methyl sites for hydroxylation is 1. The molecule has 0 spiro atoms. The molecule has 0 radical (unpaired) electrons. The van der Waals surface area contributed by atoms with E-state index < -0.39 is 0 Å². The Labute approximate surface area is 114 Å². The summed E-state index contributed by atoms with van der Waals surface area (Å²) in [7, 11) is 0. The predicted octanol–water partition coefficient (Wildman–Crippen LogP) is 3.79. The summed E-state index contributed by atoms with van der Waals surface area (Å²) in [6.07, 6.45) is 0. The van der Waals surface area contributed by atoms with Gasteiger partial charge in [0, 0.05) is 6.04 Å². The first-order chi connectivity index (χ1) is 8.47. The minimum Gasteiger partial charge on any atom is -0.336 e. The molecule has 2 aromatic rings. The molecule has 0 atom stereocenters. The van der Waals surface area contributed by atoms with Crippen molar-refractivity contribution in [2.24, 2.45) is 0 Å². The number of nitrogens with zero attached hydrogens (tertiary/aromatic N) is 1. The number of halogens is 1. The SMILES string of the molecule is Cc1ccc(Cl)c2sc(NC(=O)NC(C)C)nc12. The first-order valence-corrected chi connectivity index (χ1v) is 6.80. The van der Waals surface area contributed by atoms with Crippen molar-refractivity contribution in [1.82, 2.24) is 10.3 Å². The summed E-state index contributed by atoms with van der Waals surface area (Å²) in [4.78, 5) is 16.0. The number of carbonyl (C=O) groups is 1. The van der Waals surface area contributed by atoms with Crippen molar-refractivity contribution in [3.63, 3.8) is 0 Å².